The minimum atomic E-state index is -4.49. The molecule has 0 radical (unpaired) electrons. The summed E-state index contributed by atoms with van der Waals surface area (Å²) in [4.78, 5) is 26.5. The van der Waals surface area contributed by atoms with Gasteiger partial charge in [-0.15, -0.1) is 16.4 Å². The van der Waals surface area contributed by atoms with Crippen LogP contribution in [0.15, 0.2) is 69.6 Å². The fourth-order valence-electron chi connectivity index (χ4n) is 3.96. The number of aromatic nitrogens is 4. The number of hydrogen-bond acceptors (Lipinski definition) is 4. The molecule has 6 nitrogen and oxygen atoms in total. The highest BCUT2D eigenvalue weighted by Crippen LogP contribution is 2.29. The monoisotopic (exact) mass is 484 g/mol. The van der Waals surface area contributed by atoms with Gasteiger partial charge >= 0.3 is 11.9 Å². The number of nitrogens with zero attached hydrogens (tertiary/aromatic N) is 4. The second kappa shape index (κ2) is 8.28. The quantitative estimate of drug-likeness (QED) is 0.368. The normalized spacial score (nSPS) is 12.1. The van der Waals surface area contributed by atoms with Crippen molar-refractivity contribution in [2.45, 2.75) is 32.6 Å². The van der Waals surface area contributed by atoms with E-state index in [9.17, 15) is 22.8 Å². The number of rotatable bonds is 5. The second-order valence-electron chi connectivity index (χ2n) is 7.97. The molecular weight excluding hydrogens is 465 g/mol. The standard InChI is InChI=1S/C24H19F3N4O2S/c1-2-15-6-8-16(9-7-15)13-29-21(32)20-19(10-11-34-20)31-22(29)28-30(23(31)33)14-17-4-3-5-18(12-17)24(25,26)27/h3-12H,2,13-14H2,1H3. The summed E-state index contributed by atoms with van der Waals surface area (Å²) < 4.78 is 43.7. The lowest BCUT2D eigenvalue weighted by Crippen LogP contribution is -2.26. The van der Waals surface area contributed by atoms with Gasteiger partial charge in [0.15, 0.2) is 0 Å². The second-order valence-corrected chi connectivity index (χ2v) is 8.89. The maximum Gasteiger partial charge on any atom is 0.416 e. The number of hydrogen-bond donors (Lipinski definition) is 0. The molecule has 10 heteroatoms. The Balaban J connectivity index is 1.65. The molecule has 3 aromatic heterocycles. The molecule has 0 saturated heterocycles. The maximum absolute atomic E-state index is 13.3. The molecule has 0 atom stereocenters. The zero-order valence-corrected chi connectivity index (χ0v) is 18.9. The number of aryl methyl sites for hydroxylation is 1. The molecule has 5 rings (SSSR count). The van der Waals surface area contributed by atoms with Crippen molar-refractivity contribution < 1.29 is 13.2 Å². The molecule has 0 fully saturated rings. The number of halogens is 3. The summed E-state index contributed by atoms with van der Waals surface area (Å²) in [5.41, 5.74) is 1.16. The fraction of sp³-hybridized carbons (Fsp3) is 0.208. The lowest BCUT2D eigenvalue weighted by Gasteiger charge is -2.09. The topological polar surface area (TPSA) is 61.3 Å². The Kier molecular flexibility index (Phi) is 5.40. The van der Waals surface area contributed by atoms with Crippen molar-refractivity contribution in [2.24, 2.45) is 0 Å². The molecule has 0 saturated carbocycles. The van der Waals surface area contributed by atoms with Crippen LogP contribution in [-0.2, 0) is 25.7 Å². The summed E-state index contributed by atoms with van der Waals surface area (Å²) in [7, 11) is 0. The van der Waals surface area contributed by atoms with Gasteiger partial charge in [0.2, 0.25) is 5.78 Å². The Morgan fingerprint density at radius 2 is 1.68 bits per heavy atom. The van der Waals surface area contributed by atoms with E-state index in [1.807, 2.05) is 24.3 Å². The highest BCUT2D eigenvalue weighted by atomic mass is 32.1. The molecule has 34 heavy (non-hydrogen) atoms. The van der Waals surface area contributed by atoms with Crippen LogP contribution in [0.1, 0.15) is 29.2 Å². The summed E-state index contributed by atoms with van der Waals surface area (Å²) in [5, 5.41) is 6.10. The molecule has 174 valence electrons. The third-order valence-electron chi connectivity index (χ3n) is 5.75. The summed E-state index contributed by atoms with van der Waals surface area (Å²) in [6, 6.07) is 14.3. The number of thiophene rings is 1. The van der Waals surface area contributed by atoms with Gasteiger partial charge in [-0.2, -0.15) is 13.2 Å². The molecule has 5 aromatic rings. The predicted molar refractivity (Wildman–Crippen MR) is 125 cm³/mol. The van der Waals surface area contributed by atoms with Gasteiger partial charge < -0.3 is 0 Å². The molecule has 0 aliphatic rings. The van der Waals surface area contributed by atoms with Gasteiger partial charge in [0, 0.05) is 0 Å². The molecule has 0 aliphatic carbocycles. The average molecular weight is 485 g/mol. The molecule has 0 unspecified atom stereocenters. The van der Waals surface area contributed by atoms with Crippen molar-refractivity contribution >= 4 is 27.3 Å². The summed E-state index contributed by atoms with van der Waals surface area (Å²) >= 11 is 1.23. The van der Waals surface area contributed by atoms with E-state index in [4.69, 9.17) is 0 Å². The first-order valence-corrected chi connectivity index (χ1v) is 11.5. The Labute approximate surface area is 195 Å². The molecule has 0 N–H and O–H groups in total. The van der Waals surface area contributed by atoms with Gasteiger partial charge in [-0.25, -0.2) is 13.9 Å². The Hall–Kier alpha value is -3.66. The Bertz CT molecular complexity index is 1630. The van der Waals surface area contributed by atoms with Crippen molar-refractivity contribution in [3.63, 3.8) is 0 Å². The van der Waals surface area contributed by atoms with Crippen LogP contribution in [-0.4, -0.2) is 18.7 Å². The average Bonchev–Trinajstić information content (AvgIpc) is 3.42. The van der Waals surface area contributed by atoms with Crippen LogP contribution in [0.5, 0.6) is 0 Å². The van der Waals surface area contributed by atoms with Crippen LogP contribution in [0.3, 0.4) is 0 Å². The summed E-state index contributed by atoms with van der Waals surface area (Å²) in [6.07, 6.45) is -3.60. The van der Waals surface area contributed by atoms with Gasteiger partial charge in [0.1, 0.15) is 4.70 Å². The van der Waals surface area contributed by atoms with E-state index >= 15 is 0 Å². The third-order valence-corrected chi connectivity index (χ3v) is 6.64. The van der Waals surface area contributed by atoms with Crippen LogP contribution < -0.4 is 11.2 Å². The van der Waals surface area contributed by atoms with Gasteiger partial charge in [0.05, 0.1) is 24.2 Å². The Morgan fingerprint density at radius 1 is 0.941 bits per heavy atom. The third kappa shape index (κ3) is 3.83. The van der Waals surface area contributed by atoms with E-state index in [1.54, 1.807) is 11.4 Å². The van der Waals surface area contributed by atoms with Gasteiger partial charge in [-0.1, -0.05) is 43.3 Å². The predicted octanol–water partition coefficient (Wildman–Crippen LogP) is 4.55. The molecule has 0 bridgehead atoms. The highest BCUT2D eigenvalue weighted by Gasteiger charge is 2.30. The van der Waals surface area contributed by atoms with Crippen molar-refractivity contribution in [1.82, 2.24) is 18.7 Å². The molecule has 0 spiro atoms. The van der Waals surface area contributed by atoms with E-state index < -0.39 is 17.4 Å². The number of benzene rings is 2. The van der Waals surface area contributed by atoms with Crippen LogP contribution in [0.2, 0.25) is 0 Å². The van der Waals surface area contributed by atoms with Crippen LogP contribution in [0.25, 0.3) is 16.0 Å². The molecule has 0 aliphatic heterocycles. The van der Waals surface area contributed by atoms with E-state index in [-0.39, 0.29) is 30.0 Å². The van der Waals surface area contributed by atoms with Crippen molar-refractivity contribution in [1.29, 1.82) is 0 Å². The van der Waals surface area contributed by atoms with Gasteiger partial charge in [0.25, 0.3) is 5.56 Å². The van der Waals surface area contributed by atoms with Gasteiger partial charge in [-0.05, 0) is 46.7 Å². The van der Waals surface area contributed by atoms with E-state index in [1.165, 1.54) is 32.4 Å². The lowest BCUT2D eigenvalue weighted by molar-refractivity contribution is -0.137. The maximum atomic E-state index is 13.3. The van der Waals surface area contributed by atoms with Crippen molar-refractivity contribution in [2.75, 3.05) is 0 Å². The summed E-state index contributed by atoms with van der Waals surface area (Å²) in [5.74, 6) is 0.146. The van der Waals surface area contributed by atoms with E-state index in [2.05, 4.69) is 12.0 Å². The minimum Gasteiger partial charge on any atom is -0.271 e. The van der Waals surface area contributed by atoms with Gasteiger partial charge in [-0.3, -0.25) is 9.36 Å². The van der Waals surface area contributed by atoms with Crippen molar-refractivity contribution in [3.05, 3.63) is 103 Å². The minimum absolute atomic E-state index is 0.146. The smallest absolute Gasteiger partial charge is 0.271 e. The Morgan fingerprint density at radius 3 is 2.38 bits per heavy atom. The van der Waals surface area contributed by atoms with Crippen LogP contribution >= 0.6 is 11.3 Å². The van der Waals surface area contributed by atoms with Crippen molar-refractivity contribution in [3.8, 4) is 0 Å². The fourth-order valence-corrected chi connectivity index (χ4v) is 4.79. The zero-order valence-electron chi connectivity index (χ0n) is 18.0. The van der Waals surface area contributed by atoms with E-state index in [0.717, 1.165) is 34.4 Å². The largest absolute Gasteiger partial charge is 0.416 e. The first-order valence-electron chi connectivity index (χ1n) is 10.6. The summed E-state index contributed by atoms with van der Waals surface area (Å²) in [6.45, 7) is 2.10. The number of fused-ring (bicyclic) bond motifs is 3. The molecular formula is C24H19F3N4O2S. The van der Waals surface area contributed by atoms with Crippen LogP contribution in [0.4, 0.5) is 13.2 Å². The molecule has 0 amide bonds. The zero-order chi connectivity index (χ0) is 24.0. The van der Waals surface area contributed by atoms with Crippen LogP contribution in [0, 0.1) is 0 Å². The highest BCUT2D eigenvalue weighted by molar-refractivity contribution is 7.17. The number of alkyl halides is 3. The molecule has 2 aromatic carbocycles. The lowest BCUT2D eigenvalue weighted by atomic mass is 10.1. The first-order chi connectivity index (χ1) is 16.3. The molecule has 3 heterocycles. The first kappa shape index (κ1) is 22.1. The van der Waals surface area contributed by atoms with E-state index in [0.29, 0.717) is 10.2 Å². The SMILES string of the molecule is CCc1ccc(Cn2c(=O)c3sccc3n3c(=O)n(Cc4cccc(C(F)(F)F)c4)nc23)cc1.